The molecule has 2 aromatic rings. The highest BCUT2D eigenvalue weighted by atomic mass is 79.9. The molecular formula is C16H18BrFN4. The number of guanidine groups is 1. The van der Waals surface area contributed by atoms with Gasteiger partial charge in [0.1, 0.15) is 5.82 Å². The van der Waals surface area contributed by atoms with Crippen molar-refractivity contribution in [2.24, 2.45) is 4.99 Å². The van der Waals surface area contributed by atoms with Crippen molar-refractivity contribution in [2.45, 2.75) is 13.0 Å². The highest BCUT2D eigenvalue weighted by Gasteiger charge is 2.02. The van der Waals surface area contributed by atoms with Crippen LogP contribution in [0.2, 0.25) is 0 Å². The van der Waals surface area contributed by atoms with E-state index in [0.717, 1.165) is 17.7 Å². The number of hydrogen-bond acceptors (Lipinski definition) is 2. The molecule has 6 heteroatoms. The van der Waals surface area contributed by atoms with Crippen molar-refractivity contribution in [1.29, 1.82) is 0 Å². The Balaban J connectivity index is 1.78. The summed E-state index contributed by atoms with van der Waals surface area (Å²) in [7, 11) is 1.72. The molecule has 0 amide bonds. The van der Waals surface area contributed by atoms with Crippen LogP contribution in [0.5, 0.6) is 0 Å². The van der Waals surface area contributed by atoms with Gasteiger partial charge in [-0.05, 0) is 52.2 Å². The maximum absolute atomic E-state index is 13.2. The molecule has 2 rings (SSSR count). The van der Waals surface area contributed by atoms with E-state index in [4.69, 9.17) is 0 Å². The van der Waals surface area contributed by atoms with Crippen LogP contribution >= 0.6 is 15.9 Å². The van der Waals surface area contributed by atoms with E-state index < -0.39 is 0 Å². The van der Waals surface area contributed by atoms with Gasteiger partial charge >= 0.3 is 0 Å². The number of halogens is 2. The second-order valence-corrected chi connectivity index (χ2v) is 5.53. The molecule has 0 radical (unpaired) electrons. The van der Waals surface area contributed by atoms with Gasteiger partial charge < -0.3 is 10.6 Å². The molecule has 116 valence electrons. The number of aliphatic imine (C=N–C) groups is 1. The van der Waals surface area contributed by atoms with Gasteiger partial charge in [-0.1, -0.05) is 12.1 Å². The summed E-state index contributed by atoms with van der Waals surface area (Å²) < 4.78 is 13.7. The molecule has 4 nitrogen and oxygen atoms in total. The van der Waals surface area contributed by atoms with Crippen LogP contribution in [0.3, 0.4) is 0 Å². The number of nitrogens with zero attached hydrogens (tertiary/aromatic N) is 2. The van der Waals surface area contributed by atoms with E-state index in [0.29, 0.717) is 23.5 Å². The topological polar surface area (TPSA) is 49.3 Å². The van der Waals surface area contributed by atoms with Crippen molar-refractivity contribution < 1.29 is 4.39 Å². The fraction of sp³-hybridized carbons (Fsp3) is 0.250. The van der Waals surface area contributed by atoms with Gasteiger partial charge in [0.05, 0.1) is 16.7 Å². The van der Waals surface area contributed by atoms with Gasteiger partial charge in [0.25, 0.3) is 0 Å². The zero-order valence-electron chi connectivity index (χ0n) is 12.3. The predicted octanol–water partition coefficient (Wildman–Crippen LogP) is 2.89. The second-order valence-electron chi connectivity index (χ2n) is 4.67. The first-order chi connectivity index (χ1) is 10.7. The van der Waals surface area contributed by atoms with Crippen LogP contribution in [0, 0.1) is 5.82 Å². The lowest BCUT2D eigenvalue weighted by Gasteiger charge is -2.11. The van der Waals surface area contributed by atoms with Gasteiger partial charge in [0.15, 0.2) is 5.96 Å². The van der Waals surface area contributed by atoms with E-state index in [1.54, 1.807) is 25.4 Å². The molecule has 2 N–H and O–H groups in total. The fourth-order valence-corrected chi connectivity index (χ4v) is 2.34. The van der Waals surface area contributed by atoms with Crippen molar-refractivity contribution >= 4 is 21.9 Å². The number of pyridine rings is 1. The molecule has 0 saturated heterocycles. The molecule has 0 spiro atoms. The Bertz CT molecular complexity index is 631. The second kappa shape index (κ2) is 8.48. The molecule has 0 fully saturated rings. The number of hydrogen-bond donors (Lipinski definition) is 2. The van der Waals surface area contributed by atoms with Gasteiger partial charge in [0, 0.05) is 19.8 Å². The largest absolute Gasteiger partial charge is 0.356 e. The van der Waals surface area contributed by atoms with Crippen LogP contribution in [0.15, 0.2) is 52.1 Å². The Labute approximate surface area is 138 Å². The Morgan fingerprint density at radius 1 is 1.27 bits per heavy atom. The monoisotopic (exact) mass is 364 g/mol. The molecule has 0 aliphatic rings. The molecule has 1 heterocycles. The highest BCUT2D eigenvalue weighted by Crippen LogP contribution is 2.16. The zero-order chi connectivity index (χ0) is 15.8. The van der Waals surface area contributed by atoms with E-state index in [-0.39, 0.29) is 5.82 Å². The maximum atomic E-state index is 13.2. The Hall–Kier alpha value is -1.95. The highest BCUT2D eigenvalue weighted by molar-refractivity contribution is 9.10. The summed E-state index contributed by atoms with van der Waals surface area (Å²) in [4.78, 5) is 8.41. The van der Waals surface area contributed by atoms with Crippen molar-refractivity contribution in [1.82, 2.24) is 15.6 Å². The SMILES string of the molecule is CN=C(NCCc1ccc(F)c(Br)c1)NCc1ccccn1. The van der Waals surface area contributed by atoms with Crippen molar-refractivity contribution in [3.8, 4) is 0 Å². The Kier molecular flexibility index (Phi) is 6.33. The Morgan fingerprint density at radius 3 is 2.82 bits per heavy atom. The summed E-state index contributed by atoms with van der Waals surface area (Å²) in [5.41, 5.74) is 2.01. The molecule has 1 aromatic carbocycles. The van der Waals surface area contributed by atoms with E-state index in [2.05, 4.69) is 36.5 Å². The van der Waals surface area contributed by atoms with E-state index in [1.165, 1.54) is 6.07 Å². The lowest BCUT2D eigenvalue weighted by atomic mass is 10.1. The molecule has 0 atom stereocenters. The van der Waals surface area contributed by atoms with Crippen molar-refractivity contribution in [3.63, 3.8) is 0 Å². The minimum Gasteiger partial charge on any atom is -0.356 e. The minimum absolute atomic E-state index is 0.246. The standard InChI is InChI=1S/C16H18BrFN4/c1-19-16(22-11-13-4-2-3-8-20-13)21-9-7-12-5-6-15(18)14(17)10-12/h2-6,8,10H,7,9,11H2,1H3,(H2,19,21,22). The lowest BCUT2D eigenvalue weighted by molar-refractivity contribution is 0.620. The van der Waals surface area contributed by atoms with Crippen LogP contribution in [0.25, 0.3) is 0 Å². The summed E-state index contributed by atoms with van der Waals surface area (Å²) in [6.07, 6.45) is 2.54. The number of rotatable bonds is 5. The minimum atomic E-state index is -0.246. The number of aromatic nitrogens is 1. The van der Waals surface area contributed by atoms with Crippen molar-refractivity contribution in [2.75, 3.05) is 13.6 Å². The average Bonchev–Trinajstić information content (AvgIpc) is 2.55. The lowest BCUT2D eigenvalue weighted by Crippen LogP contribution is -2.38. The normalized spacial score (nSPS) is 11.3. The summed E-state index contributed by atoms with van der Waals surface area (Å²) >= 11 is 3.19. The number of nitrogens with one attached hydrogen (secondary N) is 2. The van der Waals surface area contributed by atoms with Crippen molar-refractivity contribution in [3.05, 3.63) is 64.1 Å². The average molecular weight is 365 g/mol. The third-order valence-electron chi connectivity index (χ3n) is 3.08. The van der Waals surface area contributed by atoms with Gasteiger partial charge in [-0.2, -0.15) is 0 Å². The van der Waals surface area contributed by atoms with Gasteiger partial charge in [-0.3, -0.25) is 9.98 Å². The summed E-state index contributed by atoms with van der Waals surface area (Å²) in [5, 5.41) is 6.42. The van der Waals surface area contributed by atoms with E-state index >= 15 is 0 Å². The molecule has 22 heavy (non-hydrogen) atoms. The Morgan fingerprint density at radius 2 is 2.14 bits per heavy atom. The van der Waals surface area contributed by atoms with E-state index in [1.807, 2.05) is 18.2 Å². The van der Waals surface area contributed by atoms with Crippen LogP contribution in [-0.4, -0.2) is 24.5 Å². The molecule has 0 bridgehead atoms. The summed E-state index contributed by atoms with van der Waals surface area (Å²) in [6, 6.07) is 10.8. The van der Waals surface area contributed by atoms with Crippen LogP contribution in [0.1, 0.15) is 11.3 Å². The summed E-state index contributed by atoms with van der Waals surface area (Å²) in [5.74, 6) is 0.469. The molecule has 1 aromatic heterocycles. The predicted molar refractivity (Wildman–Crippen MR) is 90.2 cm³/mol. The third-order valence-corrected chi connectivity index (χ3v) is 3.68. The smallest absolute Gasteiger partial charge is 0.191 e. The molecular weight excluding hydrogens is 347 g/mol. The molecule has 0 aliphatic heterocycles. The van der Waals surface area contributed by atoms with Crippen LogP contribution < -0.4 is 10.6 Å². The van der Waals surface area contributed by atoms with Gasteiger partial charge in [0.2, 0.25) is 0 Å². The molecule has 0 unspecified atom stereocenters. The first-order valence-corrected chi connectivity index (χ1v) is 7.76. The molecule has 0 saturated carbocycles. The first kappa shape index (κ1) is 16.4. The quantitative estimate of drug-likeness (QED) is 0.633. The molecule has 0 aliphatic carbocycles. The van der Waals surface area contributed by atoms with Gasteiger partial charge in [-0.15, -0.1) is 0 Å². The zero-order valence-corrected chi connectivity index (χ0v) is 13.9. The van der Waals surface area contributed by atoms with Gasteiger partial charge in [-0.25, -0.2) is 4.39 Å². The third kappa shape index (κ3) is 5.11. The van der Waals surface area contributed by atoms with E-state index in [9.17, 15) is 4.39 Å². The fourth-order valence-electron chi connectivity index (χ4n) is 1.92. The van der Waals surface area contributed by atoms with Crippen LogP contribution in [0.4, 0.5) is 4.39 Å². The first-order valence-electron chi connectivity index (χ1n) is 6.97. The maximum Gasteiger partial charge on any atom is 0.191 e. The summed E-state index contributed by atoms with van der Waals surface area (Å²) in [6.45, 7) is 1.32. The van der Waals surface area contributed by atoms with Crippen LogP contribution in [-0.2, 0) is 13.0 Å². The number of benzene rings is 1.